The first-order chi connectivity index (χ1) is 8.46. The highest BCUT2D eigenvalue weighted by atomic mass is 16.3. The van der Waals surface area contributed by atoms with Crippen molar-refractivity contribution in [2.45, 2.75) is 56.4 Å². The Kier molecular flexibility index (Phi) is 1.87. The average molecular weight is 243 g/mol. The molecule has 4 bridgehead atoms. The lowest BCUT2D eigenvalue weighted by Crippen LogP contribution is -2.52. The molecular weight excluding hydrogens is 222 g/mol. The molecule has 0 aromatic heterocycles. The maximum absolute atomic E-state index is 9.77. The minimum Gasteiger partial charge on any atom is -0.508 e. The lowest BCUT2D eigenvalue weighted by molar-refractivity contribution is 0.0544. The van der Waals surface area contributed by atoms with Gasteiger partial charge in [-0.1, -0.05) is 13.0 Å². The van der Waals surface area contributed by atoms with Crippen LogP contribution in [-0.2, 0) is 0 Å². The Morgan fingerprint density at radius 1 is 1.11 bits per heavy atom. The van der Waals surface area contributed by atoms with Crippen LogP contribution in [0.5, 0.6) is 5.75 Å². The predicted molar refractivity (Wildman–Crippen MR) is 71.7 cm³/mol. The van der Waals surface area contributed by atoms with Crippen LogP contribution < -0.4 is 5.73 Å². The molecule has 18 heavy (non-hydrogen) atoms. The summed E-state index contributed by atoms with van der Waals surface area (Å²) >= 11 is 0. The standard InChI is InChI=1S/C16H21NO/c1-15-5-10-7-16(17,9-15)8-11(6-15)14-4-12(18)2-3-13(10)14/h2-4,10-11,18H,5-9,17H2,1H3. The van der Waals surface area contributed by atoms with E-state index in [1.165, 1.54) is 30.4 Å². The first kappa shape index (κ1) is 10.9. The molecule has 4 unspecified atom stereocenters. The Labute approximate surface area is 108 Å². The summed E-state index contributed by atoms with van der Waals surface area (Å²) in [5.41, 5.74) is 9.96. The van der Waals surface area contributed by atoms with Gasteiger partial charge in [0.15, 0.2) is 0 Å². The molecule has 0 heterocycles. The summed E-state index contributed by atoms with van der Waals surface area (Å²) < 4.78 is 0. The highest BCUT2D eigenvalue weighted by molar-refractivity contribution is 5.43. The molecule has 96 valence electrons. The molecule has 2 nitrogen and oxygen atoms in total. The van der Waals surface area contributed by atoms with E-state index < -0.39 is 0 Å². The Morgan fingerprint density at radius 3 is 2.44 bits per heavy atom. The minimum atomic E-state index is 0.0369. The molecule has 1 aromatic carbocycles. The molecule has 3 N–H and O–H groups in total. The van der Waals surface area contributed by atoms with Crippen molar-refractivity contribution in [3.63, 3.8) is 0 Å². The monoisotopic (exact) mass is 243 g/mol. The van der Waals surface area contributed by atoms with Gasteiger partial charge in [-0.15, -0.1) is 0 Å². The van der Waals surface area contributed by atoms with Crippen LogP contribution in [0.2, 0.25) is 0 Å². The van der Waals surface area contributed by atoms with Crippen molar-refractivity contribution in [1.82, 2.24) is 0 Å². The topological polar surface area (TPSA) is 46.2 Å². The van der Waals surface area contributed by atoms with Crippen molar-refractivity contribution in [3.05, 3.63) is 29.3 Å². The van der Waals surface area contributed by atoms with Crippen molar-refractivity contribution in [2.24, 2.45) is 11.1 Å². The molecular formula is C16H21NO. The van der Waals surface area contributed by atoms with Crippen LogP contribution >= 0.6 is 0 Å². The first-order valence-corrected chi connectivity index (χ1v) is 7.08. The summed E-state index contributed by atoms with van der Waals surface area (Å²) in [6, 6.07) is 5.98. The second-order valence-corrected chi connectivity index (χ2v) is 7.37. The van der Waals surface area contributed by atoms with Gasteiger partial charge in [-0.3, -0.25) is 0 Å². The summed E-state index contributed by atoms with van der Waals surface area (Å²) in [5.74, 6) is 1.58. The highest BCUT2D eigenvalue weighted by Crippen LogP contribution is 2.62. The molecule has 4 aliphatic rings. The van der Waals surface area contributed by atoms with Crippen LogP contribution in [0.3, 0.4) is 0 Å². The molecule has 0 aliphatic heterocycles. The Hall–Kier alpha value is -1.02. The van der Waals surface area contributed by atoms with E-state index in [0.29, 0.717) is 23.0 Å². The molecule has 0 amide bonds. The van der Waals surface area contributed by atoms with Crippen LogP contribution in [0.15, 0.2) is 18.2 Å². The first-order valence-electron chi connectivity index (χ1n) is 7.08. The van der Waals surface area contributed by atoms with Gasteiger partial charge in [0.05, 0.1) is 0 Å². The fourth-order valence-electron chi connectivity index (χ4n) is 5.35. The molecule has 5 rings (SSSR count). The summed E-state index contributed by atoms with van der Waals surface area (Å²) in [5, 5.41) is 9.77. The number of phenols is 1. The van der Waals surface area contributed by atoms with Gasteiger partial charge in [0.25, 0.3) is 0 Å². The van der Waals surface area contributed by atoms with Gasteiger partial charge in [0.1, 0.15) is 5.75 Å². The summed E-state index contributed by atoms with van der Waals surface area (Å²) in [6.07, 6.45) is 5.96. The molecule has 0 radical (unpaired) electrons. The van der Waals surface area contributed by atoms with Gasteiger partial charge >= 0.3 is 0 Å². The highest BCUT2D eigenvalue weighted by Gasteiger charge is 2.53. The van der Waals surface area contributed by atoms with Crippen molar-refractivity contribution in [1.29, 1.82) is 0 Å². The summed E-state index contributed by atoms with van der Waals surface area (Å²) in [7, 11) is 0. The van der Waals surface area contributed by atoms with Crippen LogP contribution in [0.25, 0.3) is 0 Å². The number of benzene rings is 1. The smallest absolute Gasteiger partial charge is 0.115 e. The SMILES string of the molecule is CC12CC3CC(N)(CC(C1)c1cc(O)ccc13)C2. The quantitative estimate of drug-likeness (QED) is 0.734. The largest absolute Gasteiger partial charge is 0.508 e. The number of nitrogens with two attached hydrogens (primary N) is 1. The minimum absolute atomic E-state index is 0.0369. The zero-order valence-corrected chi connectivity index (χ0v) is 10.9. The molecule has 4 aliphatic carbocycles. The van der Waals surface area contributed by atoms with Gasteiger partial charge in [0.2, 0.25) is 0 Å². The third-order valence-electron chi connectivity index (χ3n) is 5.51. The predicted octanol–water partition coefficient (Wildman–Crippen LogP) is 3.25. The summed E-state index contributed by atoms with van der Waals surface area (Å²) in [6.45, 7) is 2.42. The Morgan fingerprint density at radius 2 is 1.78 bits per heavy atom. The number of rotatable bonds is 0. The molecule has 2 fully saturated rings. The second-order valence-electron chi connectivity index (χ2n) is 7.37. The Balaban J connectivity index is 1.93. The van der Waals surface area contributed by atoms with E-state index in [9.17, 15) is 5.11 Å². The van der Waals surface area contributed by atoms with E-state index in [1.54, 1.807) is 0 Å². The van der Waals surface area contributed by atoms with Crippen molar-refractivity contribution < 1.29 is 5.11 Å². The molecule has 4 atom stereocenters. The van der Waals surface area contributed by atoms with Gasteiger partial charge in [0, 0.05) is 5.54 Å². The van der Waals surface area contributed by atoms with Gasteiger partial charge < -0.3 is 10.8 Å². The van der Waals surface area contributed by atoms with E-state index in [2.05, 4.69) is 13.0 Å². The fourth-order valence-corrected chi connectivity index (χ4v) is 5.35. The third-order valence-corrected chi connectivity index (χ3v) is 5.51. The zero-order chi connectivity index (χ0) is 12.5. The van der Waals surface area contributed by atoms with Gasteiger partial charge in [-0.2, -0.15) is 0 Å². The van der Waals surface area contributed by atoms with Crippen LogP contribution in [0, 0.1) is 5.41 Å². The van der Waals surface area contributed by atoms with Crippen LogP contribution in [0.1, 0.15) is 62.0 Å². The molecule has 0 saturated heterocycles. The van der Waals surface area contributed by atoms with Gasteiger partial charge in [-0.05, 0) is 72.6 Å². The molecule has 1 aromatic rings. The van der Waals surface area contributed by atoms with Crippen molar-refractivity contribution in [3.8, 4) is 5.75 Å². The van der Waals surface area contributed by atoms with E-state index in [-0.39, 0.29) is 5.54 Å². The Bertz CT molecular complexity index is 506. The zero-order valence-electron chi connectivity index (χ0n) is 10.9. The summed E-state index contributed by atoms with van der Waals surface area (Å²) in [4.78, 5) is 0. The van der Waals surface area contributed by atoms with E-state index in [0.717, 1.165) is 12.8 Å². The lowest BCUT2D eigenvalue weighted by atomic mass is 9.56. The lowest BCUT2D eigenvalue weighted by Gasteiger charge is -2.52. The van der Waals surface area contributed by atoms with E-state index >= 15 is 0 Å². The van der Waals surface area contributed by atoms with Crippen LogP contribution in [0.4, 0.5) is 0 Å². The number of hydrogen-bond donors (Lipinski definition) is 2. The maximum atomic E-state index is 9.77. The van der Waals surface area contributed by atoms with Crippen LogP contribution in [-0.4, -0.2) is 10.6 Å². The number of hydrogen-bond acceptors (Lipinski definition) is 2. The van der Waals surface area contributed by atoms with Crippen molar-refractivity contribution >= 4 is 0 Å². The van der Waals surface area contributed by atoms with E-state index in [1.807, 2.05) is 12.1 Å². The second kappa shape index (κ2) is 3.11. The average Bonchev–Trinajstić information content (AvgIpc) is 2.36. The number of aromatic hydroxyl groups is 1. The molecule has 2 saturated carbocycles. The number of phenolic OH excluding ortho intramolecular Hbond substituents is 1. The van der Waals surface area contributed by atoms with E-state index in [4.69, 9.17) is 5.73 Å². The fraction of sp³-hybridized carbons (Fsp3) is 0.625. The van der Waals surface area contributed by atoms with Crippen molar-refractivity contribution in [2.75, 3.05) is 0 Å². The molecule has 2 heteroatoms. The third kappa shape index (κ3) is 1.38. The molecule has 0 spiro atoms. The normalized spacial score (nSPS) is 44.8. The van der Waals surface area contributed by atoms with Gasteiger partial charge in [-0.25, -0.2) is 0 Å². The maximum Gasteiger partial charge on any atom is 0.115 e.